The molecule has 0 bridgehead atoms. The van der Waals surface area contributed by atoms with E-state index in [4.69, 9.17) is 15.2 Å². The van der Waals surface area contributed by atoms with Gasteiger partial charge in [0.15, 0.2) is 5.65 Å². The molecule has 8 nitrogen and oxygen atoms in total. The standard InChI is InChI=1S/C15H15N5O3/c1-22-10-5-9(6-11(7-10)23-2)19-14-12(13(16)21)15-17-3-4-20(15)8-18-14/h3-8,19H,1-2H3,(H2,16,21). The fourth-order valence-corrected chi connectivity index (χ4v) is 2.23. The number of aromatic nitrogens is 3. The van der Waals surface area contributed by atoms with Gasteiger partial charge in [0.2, 0.25) is 0 Å². The fourth-order valence-electron chi connectivity index (χ4n) is 2.23. The summed E-state index contributed by atoms with van der Waals surface area (Å²) < 4.78 is 12.1. The van der Waals surface area contributed by atoms with E-state index in [9.17, 15) is 4.79 Å². The third-order valence-electron chi connectivity index (χ3n) is 3.30. The van der Waals surface area contributed by atoms with E-state index in [0.29, 0.717) is 28.7 Å². The van der Waals surface area contributed by atoms with Gasteiger partial charge < -0.3 is 20.5 Å². The quantitative estimate of drug-likeness (QED) is 0.741. The molecule has 0 saturated heterocycles. The van der Waals surface area contributed by atoms with Crippen LogP contribution in [-0.4, -0.2) is 34.5 Å². The van der Waals surface area contributed by atoms with E-state index in [1.165, 1.54) is 0 Å². The molecule has 1 amide bonds. The minimum atomic E-state index is -0.619. The van der Waals surface area contributed by atoms with Crippen molar-refractivity contribution < 1.29 is 14.3 Å². The number of methoxy groups -OCH3 is 2. The van der Waals surface area contributed by atoms with Crippen LogP contribution < -0.4 is 20.5 Å². The highest BCUT2D eigenvalue weighted by Crippen LogP contribution is 2.29. The SMILES string of the molecule is COc1cc(Nc2ncn3ccnc3c2C(N)=O)cc(OC)c1. The fraction of sp³-hybridized carbons (Fsp3) is 0.133. The average Bonchev–Trinajstić information content (AvgIpc) is 3.02. The molecule has 2 heterocycles. The Hall–Kier alpha value is -3.29. The predicted molar refractivity (Wildman–Crippen MR) is 84.3 cm³/mol. The molecule has 0 aliphatic rings. The largest absolute Gasteiger partial charge is 0.497 e. The lowest BCUT2D eigenvalue weighted by Gasteiger charge is -2.12. The van der Waals surface area contributed by atoms with Gasteiger partial charge in [0.25, 0.3) is 5.91 Å². The van der Waals surface area contributed by atoms with Crippen LogP contribution in [0.3, 0.4) is 0 Å². The number of hydrogen-bond acceptors (Lipinski definition) is 6. The number of benzene rings is 1. The molecule has 0 spiro atoms. The van der Waals surface area contributed by atoms with Crippen LogP contribution in [0.4, 0.5) is 11.5 Å². The Labute approximate surface area is 131 Å². The van der Waals surface area contributed by atoms with E-state index >= 15 is 0 Å². The summed E-state index contributed by atoms with van der Waals surface area (Å²) >= 11 is 0. The first-order valence-corrected chi connectivity index (χ1v) is 6.74. The average molecular weight is 313 g/mol. The number of nitrogens with one attached hydrogen (secondary N) is 1. The second-order valence-corrected chi connectivity index (χ2v) is 4.72. The Kier molecular flexibility index (Phi) is 3.71. The first kappa shape index (κ1) is 14.6. The van der Waals surface area contributed by atoms with Crippen LogP contribution in [0.5, 0.6) is 11.5 Å². The third-order valence-corrected chi connectivity index (χ3v) is 3.30. The maximum atomic E-state index is 11.8. The van der Waals surface area contributed by atoms with Crippen LogP contribution in [0.15, 0.2) is 36.9 Å². The van der Waals surface area contributed by atoms with E-state index in [1.54, 1.807) is 55.5 Å². The number of primary amides is 1. The Bertz CT molecular complexity index is 852. The van der Waals surface area contributed by atoms with Crippen molar-refractivity contribution in [2.45, 2.75) is 0 Å². The van der Waals surface area contributed by atoms with Gasteiger partial charge in [-0.1, -0.05) is 0 Å². The van der Waals surface area contributed by atoms with Gasteiger partial charge in [-0.25, -0.2) is 9.97 Å². The van der Waals surface area contributed by atoms with Gasteiger partial charge in [0.05, 0.1) is 14.2 Å². The van der Waals surface area contributed by atoms with Crippen LogP contribution in [-0.2, 0) is 0 Å². The summed E-state index contributed by atoms with van der Waals surface area (Å²) in [5.74, 6) is 0.905. The monoisotopic (exact) mass is 313 g/mol. The molecule has 0 fully saturated rings. The molecule has 0 atom stereocenters. The van der Waals surface area contributed by atoms with Gasteiger partial charge >= 0.3 is 0 Å². The zero-order valence-electron chi connectivity index (χ0n) is 12.6. The number of amides is 1. The molecular weight excluding hydrogens is 298 g/mol. The molecule has 0 radical (unpaired) electrons. The summed E-state index contributed by atoms with van der Waals surface area (Å²) in [6, 6.07) is 5.25. The highest BCUT2D eigenvalue weighted by molar-refractivity contribution is 6.03. The van der Waals surface area contributed by atoms with Crippen molar-refractivity contribution in [1.82, 2.24) is 14.4 Å². The van der Waals surface area contributed by atoms with E-state index < -0.39 is 5.91 Å². The first-order valence-electron chi connectivity index (χ1n) is 6.74. The van der Waals surface area contributed by atoms with Gasteiger partial charge in [-0.3, -0.25) is 9.20 Å². The topological polar surface area (TPSA) is 104 Å². The van der Waals surface area contributed by atoms with Crippen molar-refractivity contribution in [3.8, 4) is 11.5 Å². The van der Waals surface area contributed by atoms with Crippen LogP contribution >= 0.6 is 0 Å². The molecule has 0 saturated carbocycles. The van der Waals surface area contributed by atoms with Crippen LogP contribution in [0.25, 0.3) is 5.65 Å². The van der Waals surface area contributed by atoms with E-state index in [-0.39, 0.29) is 5.56 Å². The van der Waals surface area contributed by atoms with E-state index in [1.807, 2.05) is 0 Å². The van der Waals surface area contributed by atoms with Crippen LogP contribution in [0.2, 0.25) is 0 Å². The van der Waals surface area contributed by atoms with E-state index in [2.05, 4.69) is 15.3 Å². The number of fused-ring (bicyclic) bond motifs is 1. The molecule has 3 aromatic rings. The minimum Gasteiger partial charge on any atom is -0.497 e. The molecule has 2 aromatic heterocycles. The number of nitrogens with two attached hydrogens (primary N) is 1. The summed E-state index contributed by atoms with van der Waals surface area (Å²) in [5, 5.41) is 3.06. The highest BCUT2D eigenvalue weighted by Gasteiger charge is 2.16. The molecule has 0 aliphatic carbocycles. The van der Waals surface area contributed by atoms with Gasteiger partial charge in [-0.15, -0.1) is 0 Å². The van der Waals surface area contributed by atoms with Gasteiger partial charge in [-0.05, 0) is 0 Å². The number of rotatable bonds is 5. The summed E-state index contributed by atoms with van der Waals surface area (Å²) in [5.41, 5.74) is 6.77. The molecule has 23 heavy (non-hydrogen) atoms. The molecule has 118 valence electrons. The minimum absolute atomic E-state index is 0.208. The number of hydrogen-bond donors (Lipinski definition) is 2. The number of carbonyl (C=O) groups excluding carboxylic acids is 1. The van der Waals surface area contributed by atoms with Crippen LogP contribution in [0, 0.1) is 0 Å². The lowest BCUT2D eigenvalue weighted by Crippen LogP contribution is -2.16. The first-order chi connectivity index (χ1) is 11.1. The lowest BCUT2D eigenvalue weighted by atomic mass is 10.2. The lowest BCUT2D eigenvalue weighted by molar-refractivity contribution is 0.100. The number of imidazole rings is 1. The Morgan fingerprint density at radius 3 is 2.48 bits per heavy atom. The summed E-state index contributed by atoms with van der Waals surface area (Å²) in [7, 11) is 3.12. The van der Waals surface area contributed by atoms with Crippen LogP contribution in [0.1, 0.15) is 10.4 Å². The molecule has 1 aromatic carbocycles. The van der Waals surface area contributed by atoms with Crippen molar-refractivity contribution in [1.29, 1.82) is 0 Å². The van der Waals surface area contributed by atoms with Gasteiger partial charge in [0.1, 0.15) is 29.2 Å². The van der Waals surface area contributed by atoms with Crippen molar-refractivity contribution in [2.24, 2.45) is 5.73 Å². The summed E-state index contributed by atoms with van der Waals surface area (Å²) in [6.45, 7) is 0. The van der Waals surface area contributed by atoms with Crippen molar-refractivity contribution >= 4 is 23.1 Å². The maximum Gasteiger partial charge on any atom is 0.256 e. The normalized spacial score (nSPS) is 10.5. The number of ether oxygens (including phenoxy) is 2. The zero-order valence-corrected chi connectivity index (χ0v) is 12.6. The number of nitrogens with zero attached hydrogens (tertiary/aromatic N) is 3. The van der Waals surface area contributed by atoms with Crippen molar-refractivity contribution in [3.63, 3.8) is 0 Å². The zero-order chi connectivity index (χ0) is 16.4. The molecular formula is C15H15N5O3. The van der Waals surface area contributed by atoms with Gasteiger partial charge in [-0.2, -0.15) is 0 Å². The summed E-state index contributed by atoms with van der Waals surface area (Å²) in [6.07, 6.45) is 4.81. The van der Waals surface area contributed by atoms with E-state index in [0.717, 1.165) is 0 Å². The predicted octanol–water partition coefficient (Wildman–Crippen LogP) is 1.59. The Balaban J connectivity index is 2.08. The molecule has 0 aliphatic heterocycles. The Morgan fingerprint density at radius 2 is 1.87 bits per heavy atom. The second kappa shape index (κ2) is 5.84. The Morgan fingerprint density at radius 1 is 1.17 bits per heavy atom. The molecule has 3 rings (SSSR count). The van der Waals surface area contributed by atoms with Gasteiger partial charge in [0, 0.05) is 36.3 Å². The van der Waals surface area contributed by atoms with Crippen molar-refractivity contribution in [2.75, 3.05) is 19.5 Å². The number of carbonyl (C=O) groups is 1. The highest BCUT2D eigenvalue weighted by atomic mass is 16.5. The van der Waals surface area contributed by atoms with Crippen molar-refractivity contribution in [3.05, 3.63) is 42.5 Å². The number of anilines is 2. The second-order valence-electron chi connectivity index (χ2n) is 4.72. The summed E-state index contributed by atoms with van der Waals surface area (Å²) in [4.78, 5) is 20.2. The smallest absolute Gasteiger partial charge is 0.256 e. The molecule has 0 unspecified atom stereocenters. The third kappa shape index (κ3) is 2.73. The molecule has 8 heteroatoms. The molecule has 3 N–H and O–H groups in total. The maximum absolute atomic E-state index is 11.8.